The standard InChI is InChI=1S/C16H17N2O3.Li/c1-9(2)7-13(16(20)21)18-8-11-10-5-3-4-6-12(10)17-14(11)15(18)19;/h3-6,8-9,13,17H,7H2,1-2H3,(H,20,21);. The molecule has 1 aromatic heterocycles. The fourth-order valence-electron chi connectivity index (χ4n) is 3.40. The van der Waals surface area contributed by atoms with Crippen LogP contribution in [0.25, 0.3) is 10.9 Å². The first kappa shape index (κ1) is 15.2. The summed E-state index contributed by atoms with van der Waals surface area (Å²) in [6.07, 6.45) is 0.452. The first-order chi connectivity index (χ1) is 10.4. The minimum absolute atomic E-state index is 0.205. The normalized spacial score (nSPS) is 19.0. The average molecular weight is 292 g/mol. The van der Waals surface area contributed by atoms with Gasteiger partial charge in [-0.25, -0.2) is 0 Å². The quantitative estimate of drug-likeness (QED) is 0.849. The number of carbonyl (C=O) groups is 2. The zero-order valence-electron chi connectivity index (χ0n) is 13.0. The van der Waals surface area contributed by atoms with Crippen LogP contribution in [0.1, 0.15) is 41.0 Å². The Bertz CT molecular complexity index is 753. The third kappa shape index (κ3) is 2.25. The van der Waals surface area contributed by atoms with E-state index < -0.39 is 12.0 Å². The van der Waals surface area contributed by atoms with Crippen molar-refractivity contribution < 1.29 is 14.7 Å². The molecular formula is C16H17LiN2O3. The molecule has 1 aromatic carbocycles. The summed E-state index contributed by atoms with van der Waals surface area (Å²) in [6, 6.07) is 6.96. The number of fused-ring (bicyclic) bond motifs is 3. The Morgan fingerprint density at radius 3 is 2.73 bits per heavy atom. The second-order valence-corrected chi connectivity index (χ2v) is 6.33. The summed E-state index contributed by atoms with van der Waals surface area (Å²) in [5.74, 6) is -0.952. The number of hydrogen-bond donors (Lipinski definition) is 2. The Kier molecular flexibility index (Phi) is 3.80. The number of amides is 1. The Morgan fingerprint density at radius 2 is 2.09 bits per heavy atom. The van der Waals surface area contributed by atoms with Crippen molar-refractivity contribution in [1.82, 2.24) is 9.88 Å². The van der Waals surface area contributed by atoms with Crippen molar-refractivity contribution in [2.24, 2.45) is 5.92 Å². The summed E-state index contributed by atoms with van der Waals surface area (Å²) < 4.78 is -0.238. The van der Waals surface area contributed by atoms with E-state index in [9.17, 15) is 14.7 Å². The van der Waals surface area contributed by atoms with E-state index in [-0.39, 0.29) is 16.5 Å². The van der Waals surface area contributed by atoms with Crippen LogP contribution in [0.4, 0.5) is 0 Å². The SMILES string of the molecule is [Li][C@H]1c2c([nH]c3ccccc23)C(=O)N1C(CC(C)C)C(=O)O. The summed E-state index contributed by atoms with van der Waals surface area (Å²) in [4.78, 5) is 29.0. The molecule has 0 spiro atoms. The molecular weight excluding hydrogens is 275 g/mol. The number of carbonyl (C=O) groups excluding carboxylic acids is 1. The van der Waals surface area contributed by atoms with Crippen LogP contribution < -0.4 is 0 Å². The van der Waals surface area contributed by atoms with E-state index in [1.165, 1.54) is 4.90 Å². The minimum atomic E-state index is -0.941. The fraction of sp³-hybridized carbons (Fsp3) is 0.375. The predicted octanol–water partition coefficient (Wildman–Crippen LogP) is 2.29. The van der Waals surface area contributed by atoms with E-state index in [1.807, 2.05) is 55.8 Å². The summed E-state index contributed by atoms with van der Waals surface area (Å²) in [5, 5.41) is 10.5. The van der Waals surface area contributed by atoms with Gasteiger partial charge in [0.05, 0.1) is 0 Å². The summed E-state index contributed by atoms with van der Waals surface area (Å²) in [5.41, 5.74) is 2.36. The van der Waals surface area contributed by atoms with Gasteiger partial charge in [-0.1, -0.05) is 0 Å². The van der Waals surface area contributed by atoms with E-state index in [4.69, 9.17) is 0 Å². The number of carboxylic acids is 1. The van der Waals surface area contributed by atoms with Crippen molar-refractivity contribution in [1.29, 1.82) is 0 Å². The number of hydrogen-bond acceptors (Lipinski definition) is 2. The fourth-order valence-corrected chi connectivity index (χ4v) is 3.40. The molecule has 1 aliphatic rings. The Balaban J connectivity index is 2.06. The second-order valence-electron chi connectivity index (χ2n) is 6.33. The van der Waals surface area contributed by atoms with Gasteiger partial charge in [0.2, 0.25) is 0 Å². The molecule has 110 valence electrons. The Labute approximate surface area is 137 Å². The number of carboxylic acid groups (broad SMARTS) is 1. The molecule has 2 heterocycles. The number of H-pyrrole nitrogens is 1. The maximum absolute atomic E-state index is 12.7. The van der Waals surface area contributed by atoms with Gasteiger partial charge in [-0.3, -0.25) is 0 Å². The molecule has 0 bridgehead atoms. The van der Waals surface area contributed by atoms with Gasteiger partial charge < -0.3 is 0 Å². The van der Waals surface area contributed by atoms with E-state index in [2.05, 4.69) is 4.98 Å². The third-order valence-corrected chi connectivity index (χ3v) is 4.35. The van der Waals surface area contributed by atoms with E-state index in [1.54, 1.807) is 0 Å². The number of rotatable bonds is 4. The molecule has 0 radical (unpaired) electrons. The van der Waals surface area contributed by atoms with Crippen molar-refractivity contribution >= 4 is 40.5 Å². The Hall–Kier alpha value is -1.70. The first-order valence-corrected chi connectivity index (χ1v) is 7.58. The van der Waals surface area contributed by atoms with Crippen LogP contribution in [0.3, 0.4) is 0 Å². The monoisotopic (exact) mass is 292 g/mol. The number of aliphatic carboxylic acids is 1. The van der Waals surface area contributed by atoms with Gasteiger partial charge in [-0.15, -0.1) is 0 Å². The summed E-state index contributed by atoms with van der Waals surface area (Å²) in [6.45, 7) is 3.94. The molecule has 22 heavy (non-hydrogen) atoms. The third-order valence-electron chi connectivity index (χ3n) is 4.35. The van der Waals surface area contributed by atoms with Crippen LogP contribution in [-0.4, -0.2) is 50.6 Å². The zero-order chi connectivity index (χ0) is 16.0. The van der Waals surface area contributed by atoms with Gasteiger partial charge in [0.25, 0.3) is 0 Å². The summed E-state index contributed by atoms with van der Waals surface area (Å²) in [7, 11) is 0. The van der Waals surface area contributed by atoms with Crippen LogP contribution in [0.2, 0.25) is 0 Å². The van der Waals surface area contributed by atoms with Crippen LogP contribution in [-0.2, 0) is 4.79 Å². The van der Waals surface area contributed by atoms with Crippen LogP contribution in [0, 0.1) is 5.92 Å². The van der Waals surface area contributed by atoms with Gasteiger partial charge in [0, 0.05) is 0 Å². The number of aromatic nitrogens is 1. The molecule has 0 aliphatic carbocycles. The maximum atomic E-state index is 12.7. The van der Waals surface area contributed by atoms with E-state index in [0.29, 0.717) is 12.1 Å². The van der Waals surface area contributed by atoms with Gasteiger partial charge in [0.15, 0.2) is 0 Å². The Morgan fingerprint density at radius 1 is 1.41 bits per heavy atom. The van der Waals surface area contributed by atoms with Crippen molar-refractivity contribution in [3.05, 3.63) is 35.5 Å². The molecule has 1 unspecified atom stereocenters. The first-order valence-electron chi connectivity index (χ1n) is 7.58. The molecule has 5 nitrogen and oxygen atoms in total. The topological polar surface area (TPSA) is 73.4 Å². The molecule has 1 aliphatic heterocycles. The van der Waals surface area contributed by atoms with Crippen molar-refractivity contribution in [3.8, 4) is 0 Å². The van der Waals surface area contributed by atoms with Gasteiger partial charge in [-0.2, -0.15) is 0 Å². The molecule has 2 aromatic rings. The number of nitrogens with one attached hydrogen (secondary N) is 1. The van der Waals surface area contributed by atoms with Crippen LogP contribution in [0.15, 0.2) is 24.3 Å². The van der Waals surface area contributed by atoms with Gasteiger partial charge >= 0.3 is 138 Å². The molecule has 2 N–H and O–H groups in total. The molecule has 0 saturated carbocycles. The average Bonchev–Trinajstić information content (AvgIpc) is 2.94. The summed E-state index contributed by atoms with van der Waals surface area (Å²) >= 11 is 1.90. The number of aromatic amines is 1. The number of nitrogens with zero attached hydrogens (tertiary/aromatic N) is 1. The van der Waals surface area contributed by atoms with Crippen LogP contribution in [0.5, 0.6) is 0 Å². The molecule has 6 heteroatoms. The van der Waals surface area contributed by atoms with Gasteiger partial charge in [0.1, 0.15) is 0 Å². The van der Waals surface area contributed by atoms with Crippen LogP contribution >= 0.6 is 0 Å². The number of para-hydroxylation sites is 1. The van der Waals surface area contributed by atoms with E-state index in [0.717, 1.165) is 16.5 Å². The second kappa shape index (κ2) is 5.49. The zero-order valence-corrected chi connectivity index (χ0v) is 13.0. The van der Waals surface area contributed by atoms with Gasteiger partial charge in [-0.05, 0) is 0 Å². The number of benzene rings is 1. The van der Waals surface area contributed by atoms with Crippen molar-refractivity contribution in [2.75, 3.05) is 0 Å². The molecule has 0 saturated heterocycles. The molecule has 1 amide bonds. The molecule has 0 fully saturated rings. The van der Waals surface area contributed by atoms with E-state index >= 15 is 0 Å². The molecule has 2 atom stereocenters. The predicted molar refractivity (Wildman–Crippen MR) is 83.8 cm³/mol. The molecule has 3 rings (SSSR count). The van der Waals surface area contributed by atoms with Crippen molar-refractivity contribution in [3.63, 3.8) is 0 Å². The van der Waals surface area contributed by atoms with Crippen molar-refractivity contribution in [2.45, 2.75) is 31.0 Å².